The molecule has 5 atom stereocenters. The van der Waals surface area contributed by atoms with Crippen LogP contribution in [0.15, 0.2) is 42.6 Å². The fourth-order valence-electron chi connectivity index (χ4n) is 6.17. The van der Waals surface area contributed by atoms with E-state index in [0.717, 1.165) is 25.7 Å². The van der Waals surface area contributed by atoms with Crippen LogP contribution in [0, 0.1) is 23.2 Å². The molecule has 5 rings (SSSR count). The maximum atomic E-state index is 12.9. The summed E-state index contributed by atoms with van der Waals surface area (Å²) in [5.74, 6) is 2.89. The van der Waals surface area contributed by atoms with Crippen LogP contribution in [-0.2, 0) is 0 Å². The van der Waals surface area contributed by atoms with Crippen molar-refractivity contribution in [3.63, 3.8) is 0 Å². The Morgan fingerprint density at radius 2 is 2.00 bits per heavy atom. The van der Waals surface area contributed by atoms with Crippen LogP contribution >= 0.6 is 11.6 Å². The van der Waals surface area contributed by atoms with Gasteiger partial charge in [0.2, 0.25) is 5.88 Å². The van der Waals surface area contributed by atoms with Gasteiger partial charge in [-0.25, -0.2) is 4.98 Å². The van der Waals surface area contributed by atoms with Gasteiger partial charge in [0.1, 0.15) is 5.75 Å². The van der Waals surface area contributed by atoms with Gasteiger partial charge in [0.15, 0.2) is 0 Å². The van der Waals surface area contributed by atoms with E-state index in [4.69, 9.17) is 16.3 Å². The second kappa shape index (κ2) is 7.86. The van der Waals surface area contributed by atoms with Crippen molar-refractivity contribution < 1.29 is 14.6 Å². The molecular weight excluding hydrogens is 400 g/mol. The highest BCUT2D eigenvalue weighted by atomic mass is 35.5. The van der Waals surface area contributed by atoms with E-state index in [0.29, 0.717) is 46.6 Å². The molecule has 3 saturated carbocycles. The number of hydrogen-bond acceptors (Lipinski definition) is 4. The number of nitrogens with zero attached hydrogens (tertiary/aromatic N) is 1. The van der Waals surface area contributed by atoms with Gasteiger partial charge in [-0.1, -0.05) is 11.6 Å². The second-order valence-corrected chi connectivity index (χ2v) is 9.83. The fraction of sp³-hybridized carbons (Fsp3) is 0.500. The van der Waals surface area contributed by atoms with Gasteiger partial charge in [0, 0.05) is 30.5 Å². The number of fused-ring (bicyclic) bond motifs is 2. The highest BCUT2D eigenvalue weighted by Gasteiger charge is 2.54. The SMILES string of the molecule is O=C(NC1CCC2CC3CC(CO)(C2)CC31)c1ccc(Oc2ccc(Cl)cn2)cc1. The van der Waals surface area contributed by atoms with E-state index in [1.807, 2.05) is 0 Å². The first-order chi connectivity index (χ1) is 14.5. The molecule has 3 aliphatic rings. The van der Waals surface area contributed by atoms with Gasteiger partial charge in [-0.3, -0.25) is 4.79 Å². The second-order valence-electron chi connectivity index (χ2n) is 9.39. The number of benzene rings is 1. The molecule has 0 aliphatic heterocycles. The van der Waals surface area contributed by atoms with E-state index >= 15 is 0 Å². The summed E-state index contributed by atoms with van der Waals surface area (Å²) in [6.45, 7) is 0.293. The molecule has 1 aromatic carbocycles. The molecule has 5 nitrogen and oxygen atoms in total. The normalized spacial score (nSPS) is 31.9. The highest BCUT2D eigenvalue weighted by Crippen LogP contribution is 2.59. The molecule has 3 fully saturated rings. The van der Waals surface area contributed by atoms with Gasteiger partial charge in [-0.15, -0.1) is 0 Å². The van der Waals surface area contributed by atoms with E-state index in [1.165, 1.54) is 19.0 Å². The molecule has 3 bridgehead atoms. The maximum absolute atomic E-state index is 12.9. The molecule has 1 amide bonds. The Morgan fingerprint density at radius 3 is 2.73 bits per heavy atom. The lowest BCUT2D eigenvalue weighted by Crippen LogP contribution is -2.41. The maximum Gasteiger partial charge on any atom is 0.251 e. The third kappa shape index (κ3) is 3.81. The first kappa shape index (κ1) is 19.8. The Morgan fingerprint density at radius 1 is 1.17 bits per heavy atom. The number of rotatable bonds is 5. The number of ether oxygens (including phenoxy) is 1. The summed E-state index contributed by atoms with van der Waals surface area (Å²) in [5.41, 5.74) is 0.739. The molecule has 0 radical (unpaired) electrons. The summed E-state index contributed by atoms with van der Waals surface area (Å²) < 4.78 is 5.71. The Hall–Kier alpha value is -2.11. The smallest absolute Gasteiger partial charge is 0.251 e. The molecular formula is C24H27ClN2O3. The van der Waals surface area contributed by atoms with Crippen molar-refractivity contribution in [2.45, 2.75) is 44.6 Å². The number of nitrogens with one attached hydrogen (secondary N) is 1. The third-order valence-corrected chi connectivity index (χ3v) is 7.64. The summed E-state index contributed by atoms with van der Waals surface area (Å²) >= 11 is 5.85. The largest absolute Gasteiger partial charge is 0.439 e. The number of halogens is 1. The number of pyridine rings is 1. The van der Waals surface area contributed by atoms with Crippen LogP contribution in [0.1, 0.15) is 48.9 Å². The minimum Gasteiger partial charge on any atom is -0.439 e. The van der Waals surface area contributed by atoms with Crippen molar-refractivity contribution in [1.82, 2.24) is 10.3 Å². The topological polar surface area (TPSA) is 71.5 Å². The van der Waals surface area contributed by atoms with Crippen molar-refractivity contribution in [1.29, 1.82) is 0 Å². The van der Waals surface area contributed by atoms with Crippen LogP contribution < -0.4 is 10.1 Å². The van der Waals surface area contributed by atoms with E-state index < -0.39 is 0 Å². The molecule has 6 heteroatoms. The minimum absolute atomic E-state index is 0.0320. The average Bonchev–Trinajstić information content (AvgIpc) is 2.97. The van der Waals surface area contributed by atoms with Crippen molar-refractivity contribution in [3.05, 3.63) is 53.2 Å². The van der Waals surface area contributed by atoms with E-state index in [-0.39, 0.29) is 17.4 Å². The van der Waals surface area contributed by atoms with Gasteiger partial charge < -0.3 is 15.2 Å². The fourth-order valence-corrected chi connectivity index (χ4v) is 6.28. The number of hydrogen-bond donors (Lipinski definition) is 2. The number of aliphatic hydroxyl groups is 1. The lowest BCUT2D eigenvalue weighted by Gasteiger charge is -2.36. The van der Waals surface area contributed by atoms with E-state index in [2.05, 4.69) is 10.3 Å². The Labute approximate surface area is 181 Å². The number of aliphatic hydroxyl groups excluding tert-OH is 1. The van der Waals surface area contributed by atoms with Crippen LogP contribution in [0.3, 0.4) is 0 Å². The predicted octanol–water partition coefficient (Wildman–Crippen LogP) is 4.83. The molecule has 0 spiro atoms. The highest BCUT2D eigenvalue weighted by molar-refractivity contribution is 6.30. The summed E-state index contributed by atoms with van der Waals surface area (Å²) in [5, 5.41) is 13.9. The van der Waals surface area contributed by atoms with Crippen molar-refractivity contribution in [2.75, 3.05) is 6.61 Å². The van der Waals surface area contributed by atoms with Crippen LogP contribution in [0.5, 0.6) is 11.6 Å². The van der Waals surface area contributed by atoms with Crippen LogP contribution in [-0.4, -0.2) is 28.6 Å². The summed E-state index contributed by atoms with van der Waals surface area (Å²) in [6, 6.07) is 10.8. The zero-order chi connectivity index (χ0) is 20.7. The van der Waals surface area contributed by atoms with Crippen LogP contribution in [0.25, 0.3) is 0 Å². The molecule has 1 aromatic heterocycles. The quantitative estimate of drug-likeness (QED) is 0.718. The predicted molar refractivity (Wildman–Crippen MR) is 115 cm³/mol. The van der Waals surface area contributed by atoms with Crippen LogP contribution in [0.4, 0.5) is 0 Å². The number of carbonyl (C=O) groups is 1. The average molecular weight is 427 g/mol. The number of aromatic nitrogens is 1. The molecule has 1 heterocycles. The lowest BCUT2D eigenvalue weighted by atomic mass is 9.70. The van der Waals surface area contributed by atoms with E-state index in [9.17, 15) is 9.90 Å². The van der Waals surface area contributed by atoms with Gasteiger partial charge in [-0.2, -0.15) is 0 Å². The van der Waals surface area contributed by atoms with Gasteiger partial charge >= 0.3 is 0 Å². The summed E-state index contributed by atoms with van der Waals surface area (Å²) in [4.78, 5) is 17.1. The molecule has 0 saturated heterocycles. The summed E-state index contributed by atoms with van der Waals surface area (Å²) in [7, 11) is 0. The van der Waals surface area contributed by atoms with Gasteiger partial charge in [0.25, 0.3) is 5.91 Å². The van der Waals surface area contributed by atoms with Crippen molar-refractivity contribution in [2.24, 2.45) is 23.2 Å². The molecule has 3 aliphatic carbocycles. The summed E-state index contributed by atoms with van der Waals surface area (Å²) in [6.07, 6.45) is 8.35. The first-order valence-corrected chi connectivity index (χ1v) is 11.2. The van der Waals surface area contributed by atoms with Crippen molar-refractivity contribution in [3.8, 4) is 11.6 Å². The molecule has 2 N–H and O–H groups in total. The Bertz CT molecular complexity index is 917. The minimum atomic E-state index is -0.0320. The lowest BCUT2D eigenvalue weighted by molar-refractivity contribution is 0.0653. The monoisotopic (exact) mass is 426 g/mol. The van der Waals surface area contributed by atoms with Crippen LogP contribution in [0.2, 0.25) is 5.02 Å². The molecule has 158 valence electrons. The van der Waals surface area contributed by atoms with Gasteiger partial charge in [-0.05, 0) is 92.0 Å². The standard InChI is InChI=1S/C24H27ClN2O3/c25-18-4-8-22(26-13-18)30-19-5-2-16(3-6-19)23(29)27-21-7-1-15-9-17-11-24(10-15,14-28)12-20(17)21/h2-6,8,13,15,17,20-21,28H,1,7,9-12,14H2,(H,27,29). The number of carbonyl (C=O) groups excluding carboxylic acids is 1. The zero-order valence-electron chi connectivity index (χ0n) is 16.9. The molecule has 2 aromatic rings. The first-order valence-electron chi connectivity index (χ1n) is 10.8. The Balaban J connectivity index is 1.25. The third-order valence-electron chi connectivity index (χ3n) is 7.42. The zero-order valence-corrected chi connectivity index (χ0v) is 17.6. The molecule has 5 unspecified atom stereocenters. The van der Waals surface area contributed by atoms with Crippen molar-refractivity contribution >= 4 is 17.5 Å². The number of amides is 1. The van der Waals surface area contributed by atoms with E-state index in [1.54, 1.807) is 36.4 Å². The molecule has 30 heavy (non-hydrogen) atoms. The van der Waals surface area contributed by atoms with Gasteiger partial charge in [0.05, 0.1) is 5.02 Å². The Kier molecular flexibility index (Phi) is 5.19.